The van der Waals surface area contributed by atoms with E-state index in [-0.39, 0.29) is 17.9 Å². The Morgan fingerprint density at radius 1 is 1.26 bits per heavy atom. The van der Waals surface area contributed by atoms with E-state index < -0.39 is 6.09 Å². The molecule has 1 aliphatic rings. The summed E-state index contributed by atoms with van der Waals surface area (Å²) >= 11 is 1.40. The number of ether oxygens (including phenoxy) is 1. The summed E-state index contributed by atoms with van der Waals surface area (Å²) in [6.07, 6.45) is 2.96. The maximum absolute atomic E-state index is 12.7. The van der Waals surface area contributed by atoms with Crippen LogP contribution < -0.4 is 10.2 Å². The van der Waals surface area contributed by atoms with Crippen LogP contribution in [0.5, 0.6) is 0 Å². The highest BCUT2D eigenvalue weighted by atomic mass is 32.1. The molecule has 3 aromatic rings. The van der Waals surface area contributed by atoms with E-state index in [1.807, 2.05) is 43.3 Å². The number of hydrogen-bond acceptors (Lipinski definition) is 6. The molecule has 2 atom stereocenters. The second-order valence-corrected chi connectivity index (χ2v) is 9.48. The van der Waals surface area contributed by atoms with Crippen LogP contribution in [0, 0.1) is 11.3 Å². The number of amides is 2. The van der Waals surface area contributed by atoms with Crippen LogP contribution in [-0.2, 0) is 22.4 Å². The van der Waals surface area contributed by atoms with Crippen LogP contribution in [-0.4, -0.2) is 30.1 Å². The molecule has 0 aliphatic heterocycles. The third-order valence-electron chi connectivity index (χ3n) is 5.98. The predicted molar refractivity (Wildman–Crippen MR) is 132 cm³/mol. The number of nitrogens with zero attached hydrogens (tertiary/aromatic N) is 3. The van der Waals surface area contributed by atoms with Crippen LogP contribution in [0.15, 0.2) is 54.7 Å². The highest BCUT2D eigenvalue weighted by Crippen LogP contribution is 2.38. The monoisotopic (exact) mass is 474 g/mol. The van der Waals surface area contributed by atoms with Crippen molar-refractivity contribution >= 4 is 34.2 Å². The van der Waals surface area contributed by atoms with Crippen LogP contribution in [0.3, 0.4) is 0 Å². The summed E-state index contributed by atoms with van der Waals surface area (Å²) in [7, 11) is 1.63. The van der Waals surface area contributed by atoms with Crippen LogP contribution in [0.1, 0.15) is 47.3 Å². The number of rotatable bonds is 6. The number of carbonyl (C=O) groups excluding carboxylic acids is 2. The van der Waals surface area contributed by atoms with Crippen LogP contribution in [0.2, 0.25) is 0 Å². The van der Waals surface area contributed by atoms with Crippen LogP contribution >= 0.6 is 11.3 Å². The zero-order valence-corrected chi connectivity index (χ0v) is 20.0. The molecule has 34 heavy (non-hydrogen) atoms. The average Bonchev–Trinajstić information content (AvgIpc) is 3.20. The quantitative estimate of drug-likeness (QED) is 0.525. The van der Waals surface area contributed by atoms with E-state index in [2.05, 4.69) is 16.4 Å². The first-order valence-corrected chi connectivity index (χ1v) is 12.0. The molecule has 0 fully saturated rings. The maximum atomic E-state index is 12.7. The Morgan fingerprint density at radius 3 is 2.74 bits per heavy atom. The first-order chi connectivity index (χ1) is 16.5. The Kier molecular flexibility index (Phi) is 7.24. The van der Waals surface area contributed by atoms with Gasteiger partial charge >= 0.3 is 6.09 Å². The molecule has 2 unspecified atom stereocenters. The van der Waals surface area contributed by atoms with Gasteiger partial charge in [-0.05, 0) is 42.0 Å². The van der Waals surface area contributed by atoms with Gasteiger partial charge in [0.25, 0.3) is 0 Å². The lowest BCUT2D eigenvalue weighted by Crippen LogP contribution is -2.33. The molecule has 0 saturated heterocycles. The fraction of sp³-hybridized carbons (Fsp3) is 0.308. The van der Waals surface area contributed by atoms with Crippen molar-refractivity contribution in [1.82, 2.24) is 4.98 Å². The minimum atomic E-state index is -0.465. The van der Waals surface area contributed by atoms with Gasteiger partial charge in [0.2, 0.25) is 5.91 Å². The molecule has 0 spiro atoms. The highest BCUT2D eigenvalue weighted by Gasteiger charge is 2.29. The molecular weight excluding hydrogens is 448 g/mol. The molecule has 0 bridgehead atoms. The summed E-state index contributed by atoms with van der Waals surface area (Å²) in [6.45, 7) is 2.01. The van der Waals surface area contributed by atoms with Gasteiger partial charge in [0.1, 0.15) is 23.0 Å². The number of aromatic nitrogens is 1. The smallest absolute Gasteiger partial charge is 0.415 e. The van der Waals surface area contributed by atoms with Crippen molar-refractivity contribution in [3.8, 4) is 6.07 Å². The largest absolute Gasteiger partial charge is 0.445 e. The first kappa shape index (κ1) is 23.5. The number of carbonyl (C=O) groups is 2. The van der Waals surface area contributed by atoms with Crippen molar-refractivity contribution < 1.29 is 14.3 Å². The van der Waals surface area contributed by atoms with E-state index in [0.29, 0.717) is 42.1 Å². The van der Waals surface area contributed by atoms with Gasteiger partial charge in [-0.25, -0.2) is 9.78 Å². The molecule has 2 heterocycles. The molecule has 7 nitrogen and oxygen atoms in total. The van der Waals surface area contributed by atoms with Gasteiger partial charge in [0.05, 0.1) is 5.56 Å². The SMILES string of the molecule is CC(CC(=O)Nc1sc2c(c1C#N)CCC(OC(=O)N(C)c1ccccn1)C2)c1ccccc1. The topological polar surface area (TPSA) is 95.3 Å². The number of anilines is 2. The average molecular weight is 475 g/mol. The van der Waals surface area contributed by atoms with Gasteiger partial charge in [-0.1, -0.05) is 43.3 Å². The lowest BCUT2D eigenvalue weighted by Gasteiger charge is -2.25. The van der Waals surface area contributed by atoms with Gasteiger partial charge in [0, 0.05) is 31.0 Å². The summed E-state index contributed by atoms with van der Waals surface area (Å²) in [4.78, 5) is 31.8. The van der Waals surface area contributed by atoms with Crippen molar-refractivity contribution in [3.63, 3.8) is 0 Å². The first-order valence-electron chi connectivity index (χ1n) is 11.2. The van der Waals surface area contributed by atoms with Gasteiger partial charge in [0.15, 0.2) is 0 Å². The molecule has 2 amide bonds. The molecule has 1 aliphatic carbocycles. The predicted octanol–water partition coefficient (Wildman–Crippen LogP) is 5.28. The highest BCUT2D eigenvalue weighted by molar-refractivity contribution is 7.16. The number of nitriles is 1. The Bertz CT molecular complexity index is 1200. The van der Waals surface area contributed by atoms with E-state index in [1.54, 1.807) is 25.4 Å². The maximum Gasteiger partial charge on any atom is 0.415 e. The van der Waals surface area contributed by atoms with E-state index in [9.17, 15) is 14.9 Å². The van der Waals surface area contributed by atoms with Gasteiger partial charge in [-0.2, -0.15) is 5.26 Å². The molecule has 8 heteroatoms. The Morgan fingerprint density at radius 2 is 2.03 bits per heavy atom. The lowest BCUT2D eigenvalue weighted by atomic mass is 9.93. The zero-order valence-electron chi connectivity index (χ0n) is 19.2. The summed E-state index contributed by atoms with van der Waals surface area (Å²) < 4.78 is 5.71. The van der Waals surface area contributed by atoms with E-state index in [1.165, 1.54) is 16.2 Å². The third-order valence-corrected chi connectivity index (χ3v) is 7.15. The van der Waals surface area contributed by atoms with Gasteiger partial charge < -0.3 is 10.1 Å². The number of nitrogens with one attached hydrogen (secondary N) is 1. The standard InChI is InChI=1S/C26H26N4O3S/c1-17(18-8-4-3-5-9-18)14-24(31)29-25-21(16-27)20-12-11-19(15-22(20)34-25)33-26(32)30(2)23-10-6-7-13-28-23/h3-10,13,17,19H,11-12,14-15H2,1-2H3,(H,29,31). The zero-order chi connectivity index (χ0) is 24.1. The minimum absolute atomic E-state index is 0.0706. The number of thiophene rings is 1. The summed E-state index contributed by atoms with van der Waals surface area (Å²) in [5, 5.41) is 13.3. The van der Waals surface area contributed by atoms with Crippen molar-refractivity contribution in [2.45, 2.75) is 44.6 Å². The molecule has 0 saturated carbocycles. The van der Waals surface area contributed by atoms with Gasteiger partial charge in [-0.3, -0.25) is 9.69 Å². The number of hydrogen-bond donors (Lipinski definition) is 1. The van der Waals surface area contributed by atoms with E-state index in [4.69, 9.17) is 4.74 Å². The molecule has 1 N–H and O–H groups in total. The molecule has 4 rings (SSSR count). The van der Waals surface area contributed by atoms with Crippen molar-refractivity contribution in [2.75, 3.05) is 17.3 Å². The molecule has 1 aromatic carbocycles. The lowest BCUT2D eigenvalue weighted by molar-refractivity contribution is -0.116. The molecular formula is C26H26N4O3S. The van der Waals surface area contributed by atoms with Crippen molar-refractivity contribution in [3.05, 3.63) is 76.3 Å². The number of fused-ring (bicyclic) bond motifs is 1. The summed E-state index contributed by atoms with van der Waals surface area (Å²) in [6, 6.07) is 17.5. The summed E-state index contributed by atoms with van der Waals surface area (Å²) in [5.41, 5.74) is 2.57. The normalized spacial score (nSPS) is 15.5. The Balaban J connectivity index is 1.40. The van der Waals surface area contributed by atoms with Crippen LogP contribution in [0.25, 0.3) is 0 Å². The van der Waals surface area contributed by atoms with Crippen molar-refractivity contribution in [1.29, 1.82) is 5.26 Å². The van der Waals surface area contributed by atoms with Gasteiger partial charge in [-0.15, -0.1) is 11.3 Å². The van der Waals surface area contributed by atoms with E-state index >= 15 is 0 Å². The fourth-order valence-corrected chi connectivity index (χ4v) is 5.36. The number of pyridine rings is 1. The number of benzene rings is 1. The Hall–Kier alpha value is -3.70. The van der Waals surface area contributed by atoms with E-state index in [0.717, 1.165) is 16.0 Å². The second kappa shape index (κ2) is 10.5. The Labute approximate surface area is 203 Å². The fourth-order valence-electron chi connectivity index (χ4n) is 4.09. The van der Waals surface area contributed by atoms with Crippen molar-refractivity contribution in [2.24, 2.45) is 0 Å². The van der Waals surface area contributed by atoms with Crippen LogP contribution in [0.4, 0.5) is 15.6 Å². The minimum Gasteiger partial charge on any atom is -0.445 e. The summed E-state index contributed by atoms with van der Waals surface area (Å²) in [5.74, 6) is 0.467. The molecule has 174 valence electrons. The molecule has 0 radical (unpaired) electrons. The second-order valence-electron chi connectivity index (χ2n) is 8.38. The molecule has 2 aromatic heterocycles. The third kappa shape index (κ3) is 5.26.